The van der Waals surface area contributed by atoms with Gasteiger partial charge in [0.15, 0.2) is 6.61 Å². The molecule has 0 unspecified atom stereocenters. The third-order valence-corrected chi connectivity index (χ3v) is 3.90. The van der Waals surface area contributed by atoms with Gasteiger partial charge in [0.1, 0.15) is 5.75 Å². The molecule has 2 aromatic rings. The molecule has 5 nitrogen and oxygen atoms in total. The van der Waals surface area contributed by atoms with Crippen LogP contribution in [0.4, 0.5) is 11.4 Å². The van der Waals surface area contributed by atoms with Crippen LogP contribution in [0, 0.1) is 6.92 Å². The summed E-state index contributed by atoms with van der Waals surface area (Å²) in [6.45, 7) is 1.97. The van der Waals surface area contributed by atoms with Gasteiger partial charge in [-0.15, -0.1) is 0 Å². The van der Waals surface area contributed by atoms with Crippen molar-refractivity contribution < 1.29 is 14.3 Å². The van der Waals surface area contributed by atoms with Crippen LogP contribution in [0.15, 0.2) is 40.9 Å². The summed E-state index contributed by atoms with van der Waals surface area (Å²) in [6, 6.07) is 10.6. The summed E-state index contributed by atoms with van der Waals surface area (Å²) in [7, 11) is 0. The van der Waals surface area contributed by atoms with E-state index in [9.17, 15) is 9.59 Å². The smallest absolute Gasteiger partial charge is 0.262 e. The number of amides is 2. The fourth-order valence-corrected chi connectivity index (χ4v) is 2.73. The van der Waals surface area contributed by atoms with E-state index in [0.717, 1.165) is 10.0 Å². The van der Waals surface area contributed by atoms with Crippen molar-refractivity contribution in [1.82, 2.24) is 0 Å². The fourth-order valence-electron chi connectivity index (χ4n) is 2.14. The van der Waals surface area contributed by atoms with Gasteiger partial charge in [-0.25, -0.2) is 0 Å². The summed E-state index contributed by atoms with van der Waals surface area (Å²) in [6.07, 6.45) is 0. The summed E-state index contributed by atoms with van der Waals surface area (Å²) in [4.78, 5) is 23.7. The highest BCUT2D eigenvalue weighted by molar-refractivity contribution is 9.10. The van der Waals surface area contributed by atoms with E-state index in [1.165, 1.54) is 0 Å². The van der Waals surface area contributed by atoms with Gasteiger partial charge < -0.3 is 15.4 Å². The lowest BCUT2D eigenvalue weighted by Gasteiger charge is -2.18. The summed E-state index contributed by atoms with van der Waals surface area (Å²) in [5, 5.41) is 5.52. The second kappa shape index (κ2) is 5.81. The number of benzene rings is 2. The van der Waals surface area contributed by atoms with Crippen molar-refractivity contribution in [3.8, 4) is 5.75 Å². The minimum Gasteiger partial charge on any atom is -0.482 e. The Labute approximate surface area is 135 Å². The van der Waals surface area contributed by atoms with Gasteiger partial charge in [0.2, 0.25) is 0 Å². The van der Waals surface area contributed by atoms with Crippen LogP contribution in [-0.4, -0.2) is 18.4 Å². The first kappa shape index (κ1) is 14.6. The highest BCUT2D eigenvalue weighted by Crippen LogP contribution is 2.29. The van der Waals surface area contributed by atoms with Crippen LogP contribution < -0.4 is 15.4 Å². The van der Waals surface area contributed by atoms with Crippen LogP contribution in [0.2, 0.25) is 0 Å². The second-order valence-electron chi connectivity index (χ2n) is 4.99. The maximum Gasteiger partial charge on any atom is 0.262 e. The Kier molecular flexibility index (Phi) is 3.85. The molecule has 0 saturated heterocycles. The molecule has 2 aromatic carbocycles. The Bertz CT molecular complexity index is 774. The lowest BCUT2D eigenvalue weighted by molar-refractivity contribution is -0.118. The molecule has 2 amide bonds. The molecule has 22 heavy (non-hydrogen) atoms. The molecule has 1 heterocycles. The summed E-state index contributed by atoms with van der Waals surface area (Å²) in [5.74, 6) is 0.0752. The average Bonchev–Trinajstić information content (AvgIpc) is 2.49. The van der Waals surface area contributed by atoms with Gasteiger partial charge >= 0.3 is 0 Å². The Hall–Kier alpha value is -2.34. The number of carbonyl (C=O) groups excluding carboxylic acids is 2. The molecule has 0 atom stereocenters. The summed E-state index contributed by atoms with van der Waals surface area (Å²) in [5.41, 5.74) is 2.73. The lowest BCUT2D eigenvalue weighted by atomic mass is 10.1. The number of ether oxygens (including phenoxy) is 1. The molecule has 0 aromatic heterocycles. The highest BCUT2D eigenvalue weighted by atomic mass is 79.9. The third-order valence-electron chi connectivity index (χ3n) is 3.25. The van der Waals surface area contributed by atoms with Gasteiger partial charge in [-0.3, -0.25) is 9.59 Å². The zero-order valence-electron chi connectivity index (χ0n) is 11.8. The van der Waals surface area contributed by atoms with Crippen LogP contribution in [0.3, 0.4) is 0 Å². The number of anilines is 2. The number of nitrogens with one attached hydrogen (secondary N) is 2. The van der Waals surface area contributed by atoms with Crippen LogP contribution in [0.25, 0.3) is 0 Å². The Morgan fingerprint density at radius 2 is 2.09 bits per heavy atom. The van der Waals surface area contributed by atoms with Crippen molar-refractivity contribution >= 4 is 39.1 Å². The minimum absolute atomic E-state index is 0.00510. The predicted octanol–water partition coefficient (Wildman–Crippen LogP) is 3.34. The molecular formula is C16H13BrN2O3. The van der Waals surface area contributed by atoms with E-state index < -0.39 is 0 Å². The van der Waals surface area contributed by atoms with Gasteiger partial charge in [-0.05, 0) is 58.7 Å². The lowest BCUT2D eigenvalue weighted by Crippen LogP contribution is -2.25. The molecule has 0 spiro atoms. The predicted molar refractivity (Wildman–Crippen MR) is 87.4 cm³/mol. The SMILES string of the molecule is Cc1ccc(NC(=O)c2ccc3c(c2)NC(=O)CO3)c(Br)c1. The van der Waals surface area contributed by atoms with Crippen molar-refractivity contribution in [2.45, 2.75) is 6.92 Å². The van der Waals surface area contributed by atoms with Crippen LogP contribution in [0.1, 0.15) is 15.9 Å². The van der Waals surface area contributed by atoms with E-state index >= 15 is 0 Å². The van der Waals surface area contributed by atoms with E-state index in [2.05, 4.69) is 26.6 Å². The maximum absolute atomic E-state index is 12.3. The van der Waals surface area contributed by atoms with E-state index in [1.807, 2.05) is 25.1 Å². The Morgan fingerprint density at radius 1 is 1.27 bits per heavy atom. The molecule has 6 heteroatoms. The molecule has 1 aliphatic heterocycles. The largest absolute Gasteiger partial charge is 0.482 e. The first-order chi connectivity index (χ1) is 10.5. The summed E-state index contributed by atoms with van der Waals surface area (Å²) >= 11 is 3.42. The van der Waals surface area contributed by atoms with E-state index in [1.54, 1.807) is 18.2 Å². The number of hydrogen-bond acceptors (Lipinski definition) is 3. The molecule has 112 valence electrons. The average molecular weight is 361 g/mol. The number of aryl methyl sites for hydroxylation is 1. The van der Waals surface area contributed by atoms with E-state index in [4.69, 9.17) is 4.74 Å². The molecule has 0 saturated carbocycles. The molecule has 0 fully saturated rings. The van der Waals surface area contributed by atoms with E-state index in [-0.39, 0.29) is 18.4 Å². The van der Waals surface area contributed by atoms with Crippen molar-refractivity contribution in [3.63, 3.8) is 0 Å². The van der Waals surface area contributed by atoms with Gasteiger partial charge in [0, 0.05) is 10.0 Å². The first-order valence-corrected chi connectivity index (χ1v) is 7.46. The normalized spacial score (nSPS) is 12.9. The molecule has 0 aliphatic carbocycles. The third kappa shape index (κ3) is 2.96. The molecule has 1 aliphatic rings. The highest BCUT2D eigenvalue weighted by Gasteiger charge is 2.18. The number of fused-ring (bicyclic) bond motifs is 1. The van der Waals surface area contributed by atoms with Crippen LogP contribution in [0.5, 0.6) is 5.75 Å². The molecule has 3 rings (SSSR count). The number of rotatable bonds is 2. The first-order valence-electron chi connectivity index (χ1n) is 6.67. The number of hydrogen-bond donors (Lipinski definition) is 2. The Balaban J connectivity index is 1.83. The van der Waals surface area contributed by atoms with Crippen molar-refractivity contribution in [3.05, 3.63) is 52.0 Å². The molecule has 0 radical (unpaired) electrons. The van der Waals surface area contributed by atoms with Gasteiger partial charge in [0.25, 0.3) is 11.8 Å². The Morgan fingerprint density at radius 3 is 2.86 bits per heavy atom. The van der Waals surface area contributed by atoms with Crippen LogP contribution >= 0.6 is 15.9 Å². The maximum atomic E-state index is 12.3. The van der Waals surface area contributed by atoms with Crippen LogP contribution in [-0.2, 0) is 4.79 Å². The van der Waals surface area contributed by atoms with Crippen molar-refractivity contribution in [2.75, 3.05) is 17.2 Å². The fraction of sp³-hybridized carbons (Fsp3) is 0.125. The molecule has 2 N–H and O–H groups in total. The number of halogens is 1. The van der Waals surface area contributed by atoms with Gasteiger partial charge in [-0.1, -0.05) is 6.07 Å². The summed E-state index contributed by atoms with van der Waals surface area (Å²) < 4.78 is 6.08. The van der Waals surface area contributed by atoms with Gasteiger partial charge in [0.05, 0.1) is 11.4 Å². The number of carbonyl (C=O) groups is 2. The minimum atomic E-state index is -0.257. The topological polar surface area (TPSA) is 67.4 Å². The van der Waals surface area contributed by atoms with Gasteiger partial charge in [-0.2, -0.15) is 0 Å². The monoisotopic (exact) mass is 360 g/mol. The zero-order valence-corrected chi connectivity index (χ0v) is 13.4. The standard InChI is InChI=1S/C16H13BrN2O3/c1-9-2-4-12(11(17)6-9)19-16(21)10-3-5-14-13(7-10)18-15(20)8-22-14/h2-7H,8H2,1H3,(H,18,20)(H,19,21). The quantitative estimate of drug-likeness (QED) is 0.862. The molecule has 0 bridgehead atoms. The van der Waals surface area contributed by atoms with Crippen molar-refractivity contribution in [2.24, 2.45) is 0 Å². The zero-order chi connectivity index (χ0) is 15.7. The van der Waals surface area contributed by atoms with E-state index in [0.29, 0.717) is 22.7 Å². The molecular weight excluding hydrogens is 348 g/mol. The van der Waals surface area contributed by atoms with Crippen molar-refractivity contribution in [1.29, 1.82) is 0 Å². The second-order valence-corrected chi connectivity index (χ2v) is 5.84.